The van der Waals surface area contributed by atoms with Crippen molar-refractivity contribution in [2.24, 2.45) is 0 Å². The third-order valence-electron chi connectivity index (χ3n) is 4.43. The average Bonchev–Trinajstić information content (AvgIpc) is 2.95. The number of nitrogens with zero attached hydrogens (tertiary/aromatic N) is 2. The minimum atomic E-state index is 0.732. The Morgan fingerprint density at radius 2 is 1.73 bits per heavy atom. The molecule has 0 fully saturated rings. The van der Waals surface area contributed by atoms with Crippen LogP contribution >= 0.6 is 22.9 Å². The molecular weight excluding hydrogens is 362 g/mol. The zero-order valence-corrected chi connectivity index (χ0v) is 16.4. The monoisotopic (exact) mass is 379 g/mol. The van der Waals surface area contributed by atoms with E-state index < -0.39 is 0 Å². The van der Waals surface area contributed by atoms with E-state index in [2.05, 4.69) is 54.3 Å². The molecule has 0 aliphatic carbocycles. The summed E-state index contributed by atoms with van der Waals surface area (Å²) in [7, 11) is 0. The Balaban J connectivity index is 1.89. The average molecular weight is 380 g/mol. The summed E-state index contributed by atoms with van der Waals surface area (Å²) < 4.78 is 0. The molecule has 130 valence electrons. The Kier molecular flexibility index (Phi) is 4.39. The van der Waals surface area contributed by atoms with Gasteiger partial charge in [0.15, 0.2) is 0 Å². The highest BCUT2D eigenvalue weighted by atomic mass is 35.5. The summed E-state index contributed by atoms with van der Waals surface area (Å²) in [4.78, 5) is 11.2. The molecule has 0 aliphatic heterocycles. The predicted octanol–water partition coefficient (Wildman–Crippen LogP) is 6.68. The van der Waals surface area contributed by atoms with Crippen LogP contribution in [0.1, 0.15) is 16.0 Å². The van der Waals surface area contributed by atoms with Crippen LogP contribution in [-0.2, 0) is 0 Å². The van der Waals surface area contributed by atoms with Gasteiger partial charge in [-0.1, -0.05) is 41.4 Å². The summed E-state index contributed by atoms with van der Waals surface area (Å²) >= 11 is 7.75. The van der Waals surface area contributed by atoms with E-state index in [1.807, 2.05) is 24.3 Å². The second-order valence-corrected chi connectivity index (χ2v) is 8.03. The lowest BCUT2D eigenvalue weighted by Crippen LogP contribution is -1.98. The quantitative estimate of drug-likeness (QED) is 0.431. The number of nitrogens with one attached hydrogen (secondary N) is 1. The molecule has 4 rings (SSSR count). The fourth-order valence-corrected chi connectivity index (χ4v) is 4.32. The van der Waals surface area contributed by atoms with Crippen LogP contribution in [0.25, 0.3) is 21.3 Å². The van der Waals surface area contributed by atoms with Gasteiger partial charge in [-0.2, -0.15) is 0 Å². The zero-order valence-electron chi connectivity index (χ0n) is 14.8. The summed E-state index contributed by atoms with van der Waals surface area (Å²) in [6.07, 6.45) is 1.62. The molecule has 4 aromatic rings. The van der Waals surface area contributed by atoms with Crippen LogP contribution in [0.2, 0.25) is 5.02 Å². The Hall–Kier alpha value is -2.43. The van der Waals surface area contributed by atoms with Crippen LogP contribution in [0.3, 0.4) is 0 Å². The highest BCUT2D eigenvalue weighted by Gasteiger charge is 2.17. The molecule has 3 nitrogen and oxygen atoms in total. The second kappa shape index (κ2) is 6.71. The van der Waals surface area contributed by atoms with Crippen LogP contribution in [0, 0.1) is 20.8 Å². The summed E-state index contributed by atoms with van der Waals surface area (Å²) in [6.45, 7) is 6.32. The molecule has 26 heavy (non-hydrogen) atoms. The standard InChI is InChI=1S/C21H18ClN3S/c1-12-4-9-17(13(2)10-12)25-20-19-18(15-5-7-16(22)8-6-15)14(3)26-21(19)24-11-23-20/h4-11H,1-3H3,(H,23,24,25). The van der Waals surface area contributed by atoms with Crippen molar-refractivity contribution in [3.8, 4) is 11.1 Å². The highest BCUT2D eigenvalue weighted by molar-refractivity contribution is 7.19. The molecule has 0 radical (unpaired) electrons. The van der Waals surface area contributed by atoms with Gasteiger partial charge in [0, 0.05) is 21.2 Å². The van der Waals surface area contributed by atoms with Gasteiger partial charge in [0.1, 0.15) is 17.0 Å². The van der Waals surface area contributed by atoms with E-state index in [-0.39, 0.29) is 0 Å². The minimum absolute atomic E-state index is 0.732. The van der Waals surface area contributed by atoms with Gasteiger partial charge in [-0.05, 0) is 50.1 Å². The second-order valence-electron chi connectivity index (χ2n) is 6.39. The number of rotatable bonds is 3. The van der Waals surface area contributed by atoms with Crippen molar-refractivity contribution >= 4 is 44.7 Å². The van der Waals surface area contributed by atoms with Gasteiger partial charge >= 0.3 is 0 Å². The van der Waals surface area contributed by atoms with Crippen molar-refractivity contribution in [2.45, 2.75) is 20.8 Å². The molecule has 0 aliphatic rings. The Labute approximate surface area is 161 Å². The lowest BCUT2D eigenvalue weighted by molar-refractivity contribution is 1.22. The van der Waals surface area contributed by atoms with Gasteiger partial charge in [-0.3, -0.25) is 0 Å². The predicted molar refractivity (Wildman–Crippen MR) is 112 cm³/mol. The number of anilines is 2. The minimum Gasteiger partial charge on any atom is -0.339 e. The molecule has 0 atom stereocenters. The van der Waals surface area contributed by atoms with Gasteiger partial charge in [0.2, 0.25) is 0 Å². The maximum atomic E-state index is 6.07. The molecule has 0 bridgehead atoms. The van der Waals surface area contributed by atoms with E-state index in [0.717, 1.165) is 37.9 Å². The molecule has 5 heteroatoms. The van der Waals surface area contributed by atoms with E-state index in [1.165, 1.54) is 16.0 Å². The van der Waals surface area contributed by atoms with E-state index >= 15 is 0 Å². The van der Waals surface area contributed by atoms with E-state index in [1.54, 1.807) is 17.7 Å². The molecule has 2 aromatic heterocycles. The molecule has 0 spiro atoms. The van der Waals surface area contributed by atoms with Crippen molar-refractivity contribution in [2.75, 3.05) is 5.32 Å². The molecule has 0 saturated heterocycles. The zero-order chi connectivity index (χ0) is 18.3. The molecule has 2 aromatic carbocycles. The number of halogens is 1. The largest absolute Gasteiger partial charge is 0.339 e. The van der Waals surface area contributed by atoms with E-state index in [4.69, 9.17) is 11.6 Å². The van der Waals surface area contributed by atoms with Crippen LogP contribution < -0.4 is 5.32 Å². The van der Waals surface area contributed by atoms with Gasteiger partial charge < -0.3 is 5.32 Å². The van der Waals surface area contributed by atoms with Crippen molar-refractivity contribution in [1.82, 2.24) is 9.97 Å². The van der Waals surface area contributed by atoms with Gasteiger partial charge in [0.05, 0.1) is 5.39 Å². The smallest absolute Gasteiger partial charge is 0.143 e. The van der Waals surface area contributed by atoms with Crippen molar-refractivity contribution < 1.29 is 0 Å². The first-order valence-electron chi connectivity index (χ1n) is 8.37. The maximum absolute atomic E-state index is 6.07. The third-order valence-corrected chi connectivity index (χ3v) is 5.70. The topological polar surface area (TPSA) is 37.8 Å². The van der Waals surface area contributed by atoms with Gasteiger partial charge in [-0.15, -0.1) is 11.3 Å². The SMILES string of the molecule is Cc1ccc(Nc2ncnc3sc(C)c(-c4ccc(Cl)cc4)c23)c(C)c1. The lowest BCUT2D eigenvalue weighted by atomic mass is 10.0. The fourth-order valence-electron chi connectivity index (χ4n) is 3.18. The van der Waals surface area contributed by atoms with Crippen molar-refractivity contribution in [1.29, 1.82) is 0 Å². The molecular formula is C21H18ClN3S. The normalized spacial score (nSPS) is 11.1. The van der Waals surface area contributed by atoms with E-state index in [0.29, 0.717) is 0 Å². The molecule has 0 saturated carbocycles. The van der Waals surface area contributed by atoms with Crippen molar-refractivity contribution in [3.05, 3.63) is 69.8 Å². The summed E-state index contributed by atoms with van der Waals surface area (Å²) in [5.41, 5.74) is 5.78. The Morgan fingerprint density at radius 3 is 2.46 bits per heavy atom. The van der Waals surface area contributed by atoms with Gasteiger partial charge in [0.25, 0.3) is 0 Å². The van der Waals surface area contributed by atoms with Crippen LogP contribution in [0.15, 0.2) is 48.8 Å². The lowest BCUT2D eigenvalue weighted by Gasteiger charge is -2.12. The van der Waals surface area contributed by atoms with Crippen LogP contribution in [0.4, 0.5) is 11.5 Å². The number of benzene rings is 2. The molecule has 0 unspecified atom stereocenters. The first kappa shape index (κ1) is 17.0. The molecule has 2 heterocycles. The maximum Gasteiger partial charge on any atom is 0.143 e. The van der Waals surface area contributed by atoms with Gasteiger partial charge in [-0.25, -0.2) is 9.97 Å². The first-order valence-corrected chi connectivity index (χ1v) is 9.56. The van der Waals surface area contributed by atoms with Crippen LogP contribution in [-0.4, -0.2) is 9.97 Å². The van der Waals surface area contributed by atoms with Crippen LogP contribution in [0.5, 0.6) is 0 Å². The van der Waals surface area contributed by atoms with Crippen molar-refractivity contribution in [3.63, 3.8) is 0 Å². The van der Waals surface area contributed by atoms with E-state index in [9.17, 15) is 0 Å². The number of fused-ring (bicyclic) bond motifs is 1. The Morgan fingerprint density at radius 1 is 0.962 bits per heavy atom. The number of thiophene rings is 1. The number of aryl methyl sites for hydroxylation is 3. The number of hydrogen-bond donors (Lipinski definition) is 1. The first-order chi connectivity index (χ1) is 12.5. The number of aromatic nitrogens is 2. The number of hydrogen-bond acceptors (Lipinski definition) is 4. The highest BCUT2D eigenvalue weighted by Crippen LogP contribution is 2.41. The summed E-state index contributed by atoms with van der Waals surface area (Å²) in [5.74, 6) is 0.830. The third kappa shape index (κ3) is 3.06. The molecule has 0 amide bonds. The molecule has 1 N–H and O–H groups in total. The fraction of sp³-hybridized carbons (Fsp3) is 0.143. The summed E-state index contributed by atoms with van der Waals surface area (Å²) in [5, 5.41) is 5.29. The Bertz CT molecular complexity index is 1100. The summed E-state index contributed by atoms with van der Waals surface area (Å²) in [6, 6.07) is 14.3.